The lowest BCUT2D eigenvalue weighted by Crippen LogP contribution is -2.44. The molecule has 7 heteroatoms. The Hall–Kier alpha value is -1.96. The van der Waals surface area contributed by atoms with Crippen LogP contribution in [0.2, 0.25) is 0 Å². The fourth-order valence-corrected chi connectivity index (χ4v) is 2.71. The van der Waals surface area contributed by atoms with E-state index in [0.717, 1.165) is 18.2 Å². The van der Waals surface area contributed by atoms with Crippen molar-refractivity contribution in [3.63, 3.8) is 0 Å². The van der Waals surface area contributed by atoms with E-state index >= 15 is 0 Å². The summed E-state index contributed by atoms with van der Waals surface area (Å²) in [5.74, 6) is -0.792. The number of sulfonamides is 1. The van der Waals surface area contributed by atoms with Gasteiger partial charge in [-0.25, -0.2) is 12.8 Å². The van der Waals surface area contributed by atoms with Gasteiger partial charge >= 0.3 is 0 Å². The lowest BCUT2D eigenvalue weighted by atomic mass is 10.0. The zero-order chi connectivity index (χ0) is 14.7. The molecule has 0 spiro atoms. The first kappa shape index (κ1) is 15.1. The fraction of sp³-hybridized carbons (Fsp3) is 0.333. The van der Waals surface area contributed by atoms with Gasteiger partial charge in [-0.2, -0.15) is 15.2 Å². The first-order chi connectivity index (χ1) is 8.78. The molecule has 0 saturated heterocycles. The van der Waals surface area contributed by atoms with Crippen molar-refractivity contribution in [1.29, 1.82) is 10.5 Å². The molecule has 1 rings (SSSR count). The topological polar surface area (TPSA) is 93.8 Å². The molecule has 1 unspecified atom stereocenters. The van der Waals surface area contributed by atoms with Crippen LogP contribution in [0.15, 0.2) is 23.1 Å². The first-order valence-electron chi connectivity index (χ1n) is 5.43. The largest absolute Gasteiger partial charge is 0.241 e. The molecule has 1 atom stereocenters. The average molecular weight is 281 g/mol. The molecule has 5 nitrogen and oxygen atoms in total. The summed E-state index contributed by atoms with van der Waals surface area (Å²) in [7, 11) is -3.98. The van der Waals surface area contributed by atoms with E-state index in [1.165, 1.54) is 6.92 Å². The highest BCUT2D eigenvalue weighted by molar-refractivity contribution is 7.89. The molecular formula is C12H12FN3O2S. The molecule has 0 saturated carbocycles. The summed E-state index contributed by atoms with van der Waals surface area (Å²) in [5, 5.41) is 17.6. The third-order valence-electron chi connectivity index (χ3n) is 2.68. The zero-order valence-corrected chi connectivity index (χ0v) is 11.3. The average Bonchev–Trinajstić information content (AvgIpc) is 2.38. The molecule has 0 amide bonds. The fourth-order valence-electron chi connectivity index (χ4n) is 1.29. The molecule has 1 N–H and O–H groups in total. The van der Waals surface area contributed by atoms with Gasteiger partial charge in [0.2, 0.25) is 10.0 Å². The normalized spacial score (nSPS) is 14.2. The smallest absolute Gasteiger partial charge is 0.207 e. The highest BCUT2D eigenvalue weighted by atomic mass is 32.2. The summed E-state index contributed by atoms with van der Waals surface area (Å²) >= 11 is 0. The van der Waals surface area contributed by atoms with Crippen molar-refractivity contribution in [3.8, 4) is 12.1 Å². The number of benzene rings is 1. The number of nitrogens with one attached hydrogen (secondary N) is 1. The van der Waals surface area contributed by atoms with Gasteiger partial charge in [-0.3, -0.25) is 0 Å². The van der Waals surface area contributed by atoms with Crippen LogP contribution < -0.4 is 4.72 Å². The number of nitrogens with zero attached hydrogens (tertiary/aromatic N) is 2. The molecule has 0 bridgehead atoms. The molecule has 0 heterocycles. The van der Waals surface area contributed by atoms with Crippen molar-refractivity contribution in [1.82, 2.24) is 4.72 Å². The van der Waals surface area contributed by atoms with Crippen LogP contribution in [0.3, 0.4) is 0 Å². The Bertz CT molecular complexity index is 673. The summed E-state index contributed by atoms with van der Waals surface area (Å²) in [6.45, 7) is 3.11. The number of nitriles is 2. The van der Waals surface area contributed by atoms with E-state index in [2.05, 4.69) is 4.72 Å². The lowest BCUT2D eigenvalue weighted by Gasteiger charge is -2.21. The second-order valence-electron chi connectivity index (χ2n) is 4.16. The third-order valence-corrected chi connectivity index (χ3v) is 4.28. The van der Waals surface area contributed by atoms with E-state index in [1.807, 2.05) is 6.07 Å². The third kappa shape index (κ3) is 3.28. The highest BCUT2D eigenvalue weighted by Gasteiger charge is 2.29. The molecule has 0 aliphatic heterocycles. The summed E-state index contributed by atoms with van der Waals surface area (Å²) in [6.07, 6.45) is 0.273. The Balaban J connectivity index is 3.23. The van der Waals surface area contributed by atoms with E-state index in [4.69, 9.17) is 10.5 Å². The van der Waals surface area contributed by atoms with Gasteiger partial charge in [0.05, 0.1) is 16.5 Å². The van der Waals surface area contributed by atoms with Gasteiger partial charge < -0.3 is 0 Å². The summed E-state index contributed by atoms with van der Waals surface area (Å²) in [6, 6.07) is 6.32. The second-order valence-corrected chi connectivity index (χ2v) is 5.84. The van der Waals surface area contributed by atoms with Crippen molar-refractivity contribution in [3.05, 3.63) is 29.6 Å². The summed E-state index contributed by atoms with van der Waals surface area (Å²) in [5.41, 5.74) is -1.61. The maximum absolute atomic E-state index is 13.1. The van der Waals surface area contributed by atoms with Gasteiger partial charge in [0.15, 0.2) is 0 Å². The van der Waals surface area contributed by atoms with Crippen LogP contribution >= 0.6 is 0 Å². The van der Waals surface area contributed by atoms with Gasteiger partial charge in [-0.1, -0.05) is 6.92 Å². The molecule has 100 valence electrons. The molecule has 0 fully saturated rings. The quantitative estimate of drug-likeness (QED) is 0.908. The van der Waals surface area contributed by atoms with E-state index < -0.39 is 21.4 Å². The SMILES string of the molecule is CCC(C)(C#N)NS(=O)(=O)c1ccc(F)c(C#N)c1. The van der Waals surface area contributed by atoms with Crippen molar-refractivity contribution >= 4 is 10.0 Å². The van der Waals surface area contributed by atoms with Crippen LogP contribution in [0.5, 0.6) is 0 Å². The summed E-state index contributed by atoms with van der Waals surface area (Å²) in [4.78, 5) is -0.250. The maximum atomic E-state index is 13.1. The van der Waals surface area contributed by atoms with Crippen LogP contribution in [0.4, 0.5) is 4.39 Å². The van der Waals surface area contributed by atoms with Crippen molar-refractivity contribution < 1.29 is 12.8 Å². The van der Waals surface area contributed by atoms with Gasteiger partial charge in [-0.15, -0.1) is 0 Å². The molecule has 0 aliphatic carbocycles. The Morgan fingerprint density at radius 1 is 1.42 bits per heavy atom. The van der Waals surface area contributed by atoms with Crippen LogP contribution in [0.25, 0.3) is 0 Å². The molecule has 0 aromatic heterocycles. The van der Waals surface area contributed by atoms with Crippen molar-refractivity contribution in [2.24, 2.45) is 0 Å². The van der Waals surface area contributed by atoms with Gasteiger partial charge in [0.1, 0.15) is 17.4 Å². The lowest BCUT2D eigenvalue weighted by molar-refractivity contribution is 0.495. The van der Waals surface area contributed by atoms with Crippen molar-refractivity contribution in [2.45, 2.75) is 30.7 Å². The minimum absolute atomic E-state index is 0.250. The number of hydrogen-bond acceptors (Lipinski definition) is 4. The number of halogens is 1. The Morgan fingerprint density at radius 2 is 2.05 bits per heavy atom. The van der Waals surface area contributed by atoms with Gasteiger partial charge in [0.25, 0.3) is 0 Å². The Kier molecular flexibility index (Phi) is 4.25. The van der Waals surface area contributed by atoms with Gasteiger partial charge in [0, 0.05) is 0 Å². The molecule has 0 aliphatic rings. The molecule has 1 aromatic carbocycles. The molecule has 1 aromatic rings. The maximum Gasteiger partial charge on any atom is 0.241 e. The van der Waals surface area contributed by atoms with Gasteiger partial charge in [-0.05, 0) is 31.5 Å². The predicted molar refractivity (Wildman–Crippen MR) is 65.7 cm³/mol. The summed E-state index contributed by atoms with van der Waals surface area (Å²) < 4.78 is 39.5. The van der Waals surface area contributed by atoms with Crippen LogP contribution in [0, 0.1) is 28.5 Å². The van der Waals surface area contributed by atoms with E-state index in [9.17, 15) is 12.8 Å². The van der Waals surface area contributed by atoms with Crippen LogP contribution in [-0.4, -0.2) is 14.0 Å². The standard InChI is InChI=1S/C12H12FN3O2S/c1-3-12(2,8-15)16-19(17,18)10-4-5-11(13)9(6-10)7-14/h4-6,16H,3H2,1-2H3. The number of hydrogen-bond donors (Lipinski definition) is 1. The van der Waals surface area contributed by atoms with Crippen molar-refractivity contribution in [2.75, 3.05) is 0 Å². The second kappa shape index (κ2) is 5.35. The Morgan fingerprint density at radius 3 is 2.53 bits per heavy atom. The first-order valence-corrected chi connectivity index (χ1v) is 6.91. The molecule has 19 heavy (non-hydrogen) atoms. The van der Waals surface area contributed by atoms with E-state index in [0.29, 0.717) is 0 Å². The predicted octanol–water partition coefficient (Wildman–Crippen LogP) is 1.67. The van der Waals surface area contributed by atoms with Crippen LogP contribution in [0.1, 0.15) is 25.8 Å². The van der Waals surface area contributed by atoms with E-state index in [-0.39, 0.29) is 16.9 Å². The Labute approximate surface area is 111 Å². The molecule has 0 radical (unpaired) electrons. The van der Waals surface area contributed by atoms with Crippen LogP contribution in [-0.2, 0) is 10.0 Å². The monoisotopic (exact) mass is 281 g/mol. The molecular weight excluding hydrogens is 269 g/mol. The minimum Gasteiger partial charge on any atom is -0.207 e. The van der Waals surface area contributed by atoms with E-state index in [1.54, 1.807) is 13.0 Å². The number of rotatable bonds is 4. The minimum atomic E-state index is -3.98. The highest BCUT2D eigenvalue weighted by Crippen LogP contribution is 2.18. The zero-order valence-electron chi connectivity index (χ0n) is 10.4.